The van der Waals surface area contributed by atoms with Crippen LogP contribution in [-0.4, -0.2) is 5.91 Å². The Balaban J connectivity index is 2.44. The maximum absolute atomic E-state index is 11.5. The van der Waals surface area contributed by atoms with Gasteiger partial charge in [-0.2, -0.15) is 15.8 Å². The monoisotopic (exact) mass is 263 g/mol. The fourth-order valence-electron chi connectivity index (χ4n) is 1.93. The molecule has 0 saturated heterocycles. The summed E-state index contributed by atoms with van der Waals surface area (Å²) in [5, 5.41) is 32.1. The third-order valence-electron chi connectivity index (χ3n) is 2.88. The molecule has 0 spiro atoms. The topological polar surface area (TPSA) is 112 Å². The predicted octanol–water partition coefficient (Wildman–Crippen LogP) is 1.81. The smallest absolute Gasteiger partial charge is 0.224 e. The van der Waals surface area contributed by atoms with E-state index >= 15 is 0 Å². The van der Waals surface area contributed by atoms with Crippen molar-refractivity contribution < 1.29 is 4.79 Å². The molecular weight excluding hydrogens is 254 g/mol. The normalized spacial score (nSPS) is 11.9. The number of hydrogen-bond donors (Lipinski definition) is 2. The van der Waals surface area contributed by atoms with Crippen LogP contribution < -0.4 is 10.6 Å². The van der Waals surface area contributed by atoms with E-state index in [2.05, 4.69) is 10.6 Å². The second-order valence-electron chi connectivity index (χ2n) is 4.10. The van der Waals surface area contributed by atoms with Crippen LogP contribution in [0.1, 0.15) is 12.0 Å². The number of nitrogens with one attached hydrogen (secondary N) is 2. The molecule has 1 aromatic rings. The highest BCUT2D eigenvalue weighted by molar-refractivity contribution is 5.98. The van der Waals surface area contributed by atoms with Crippen LogP contribution in [0.25, 0.3) is 0 Å². The number of aryl methyl sites for hydroxylation is 1. The first kappa shape index (κ1) is 13.1. The lowest BCUT2D eigenvalue weighted by atomic mass is 10.0. The molecule has 1 aliphatic rings. The summed E-state index contributed by atoms with van der Waals surface area (Å²) in [6.07, 6.45) is 1.03. The summed E-state index contributed by atoms with van der Waals surface area (Å²) in [5.41, 5.74) is 1.60. The van der Waals surface area contributed by atoms with Crippen LogP contribution in [0.2, 0.25) is 0 Å². The number of anilines is 2. The first-order valence-corrected chi connectivity index (χ1v) is 5.83. The minimum absolute atomic E-state index is 0.102. The van der Waals surface area contributed by atoms with Crippen LogP contribution in [-0.2, 0) is 11.2 Å². The number of para-hydroxylation sites is 1. The number of benzene rings is 1. The number of nitriles is 3. The summed E-state index contributed by atoms with van der Waals surface area (Å²) in [6.45, 7) is 0. The van der Waals surface area contributed by atoms with Gasteiger partial charge in [0.05, 0.1) is 11.4 Å². The average molecular weight is 263 g/mol. The van der Waals surface area contributed by atoms with Crippen molar-refractivity contribution in [3.8, 4) is 18.2 Å². The summed E-state index contributed by atoms with van der Waals surface area (Å²) < 4.78 is 0. The zero-order chi connectivity index (χ0) is 14.5. The van der Waals surface area contributed by atoms with E-state index in [9.17, 15) is 4.79 Å². The van der Waals surface area contributed by atoms with Gasteiger partial charge in [-0.25, -0.2) is 0 Å². The first-order chi connectivity index (χ1) is 9.69. The highest BCUT2D eigenvalue weighted by Crippen LogP contribution is 2.31. The molecule has 0 aromatic heterocycles. The number of hydrogen-bond acceptors (Lipinski definition) is 5. The summed E-state index contributed by atoms with van der Waals surface area (Å²) >= 11 is 0. The average Bonchev–Trinajstić information content (AvgIpc) is 2.47. The van der Waals surface area contributed by atoms with E-state index in [-0.39, 0.29) is 17.2 Å². The van der Waals surface area contributed by atoms with Crippen LogP contribution >= 0.6 is 0 Å². The molecule has 0 aliphatic carbocycles. The molecule has 0 fully saturated rings. The van der Waals surface area contributed by atoms with Crippen molar-refractivity contribution in [2.24, 2.45) is 0 Å². The van der Waals surface area contributed by atoms with Gasteiger partial charge < -0.3 is 10.6 Å². The Kier molecular flexibility index (Phi) is 3.65. The first-order valence-electron chi connectivity index (χ1n) is 5.83. The van der Waals surface area contributed by atoms with Gasteiger partial charge in [0.2, 0.25) is 5.91 Å². The van der Waals surface area contributed by atoms with Crippen LogP contribution in [0.4, 0.5) is 11.4 Å². The standard InChI is InChI=1S/C14H9N5O/c15-6-10(7-16)12(8-17)18-11-3-1-2-9-4-5-13(20)19-14(9)11/h1-3,18H,4-5H2,(H,19,20). The second-order valence-corrected chi connectivity index (χ2v) is 4.10. The molecule has 0 unspecified atom stereocenters. The molecule has 1 heterocycles. The van der Waals surface area contributed by atoms with Gasteiger partial charge in [0.1, 0.15) is 23.9 Å². The SMILES string of the molecule is N#CC(C#N)=C(C#N)Nc1cccc2c1NC(=O)CC2. The number of allylic oxidation sites excluding steroid dienone is 2. The van der Waals surface area contributed by atoms with Crippen molar-refractivity contribution in [1.82, 2.24) is 0 Å². The van der Waals surface area contributed by atoms with Gasteiger partial charge in [0, 0.05) is 6.42 Å². The Morgan fingerprint density at radius 2 is 1.90 bits per heavy atom. The van der Waals surface area contributed by atoms with Crippen molar-refractivity contribution in [1.29, 1.82) is 15.8 Å². The van der Waals surface area contributed by atoms with E-state index in [0.717, 1.165) is 5.56 Å². The molecule has 2 N–H and O–H groups in total. The maximum Gasteiger partial charge on any atom is 0.224 e. The maximum atomic E-state index is 11.5. The Hall–Kier alpha value is -3.30. The largest absolute Gasteiger partial charge is 0.343 e. The lowest BCUT2D eigenvalue weighted by Gasteiger charge is -2.20. The van der Waals surface area contributed by atoms with Crippen LogP contribution in [0, 0.1) is 34.0 Å². The van der Waals surface area contributed by atoms with Gasteiger partial charge in [0.25, 0.3) is 0 Å². The van der Waals surface area contributed by atoms with Gasteiger partial charge >= 0.3 is 0 Å². The number of amides is 1. The highest BCUT2D eigenvalue weighted by Gasteiger charge is 2.18. The minimum Gasteiger partial charge on any atom is -0.343 e. The van der Waals surface area contributed by atoms with E-state index in [1.165, 1.54) is 0 Å². The van der Waals surface area contributed by atoms with Gasteiger partial charge in [-0.3, -0.25) is 4.79 Å². The van der Waals surface area contributed by atoms with E-state index in [1.807, 2.05) is 6.07 Å². The van der Waals surface area contributed by atoms with Crippen molar-refractivity contribution >= 4 is 17.3 Å². The van der Waals surface area contributed by atoms with Gasteiger partial charge in [-0.15, -0.1) is 0 Å². The Morgan fingerprint density at radius 3 is 2.55 bits per heavy atom. The molecule has 0 bridgehead atoms. The molecule has 6 nitrogen and oxygen atoms in total. The summed E-state index contributed by atoms with van der Waals surface area (Å²) in [6, 6.07) is 10.4. The molecule has 96 valence electrons. The lowest BCUT2D eigenvalue weighted by Crippen LogP contribution is -2.20. The minimum atomic E-state index is -0.299. The zero-order valence-corrected chi connectivity index (χ0v) is 10.4. The van der Waals surface area contributed by atoms with Crippen molar-refractivity contribution in [2.75, 3.05) is 10.6 Å². The third kappa shape index (κ3) is 2.43. The van der Waals surface area contributed by atoms with E-state index < -0.39 is 0 Å². The highest BCUT2D eigenvalue weighted by atomic mass is 16.1. The Labute approximate surface area is 115 Å². The molecular formula is C14H9N5O. The quantitative estimate of drug-likeness (QED) is 0.790. The van der Waals surface area contributed by atoms with E-state index in [1.54, 1.807) is 30.3 Å². The molecule has 1 aromatic carbocycles. The molecule has 1 aliphatic heterocycles. The van der Waals surface area contributed by atoms with Gasteiger partial charge in [-0.05, 0) is 18.1 Å². The number of carbonyl (C=O) groups excluding carboxylic acids is 1. The van der Waals surface area contributed by atoms with E-state index in [4.69, 9.17) is 15.8 Å². The van der Waals surface area contributed by atoms with Crippen molar-refractivity contribution in [2.45, 2.75) is 12.8 Å². The molecule has 20 heavy (non-hydrogen) atoms. The number of rotatable bonds is 2. The molecule has 6 heteroatoms. The number of fused-ring (bicyclic) bond motifs is 1. The van der Waals surface area contributed by atoms with Gasteiger partial charge in [-0.1, -0.05) is 12.1 Å². The van der Waals surface area contributed by atoms with Crippen LogP contribution in [0.3, 0.4) is 0 Å². The second kappa shape index (κ2) is 5.56. The predicted molar refractivity (Wildman–Crippen MR) is 70.9 cm³/mol. The molecule has 2 rings (SSSR count). The zero-order valence-electron chi connectivity index (χ0n) is 10.4. The molecule has 0 radical (unpaired) electrons. The van der Waals surface area contributed by atoms with Crippen LogP contribution in [0.5, 0.6) is 0 Å². The summed E-state index contributed by atoms with van der Waals surface area (Å²) in [4.78, 5) is 11.5. The summed E-state index contributed by atoms with van der Waals surface area (Å²) in [5.74, 6) is -0.102. The van der Waals surface area contributed by atoms with Crippen molar-refractivity contribution in [3.05, 3.63) is 35.0 Å². The molecule has 0 saturated carbocycles. The number of carbonyl (C=O) groups is 1. The van der Waals surface area contributed by atoms with Gasteiger partial charge in [0.15, 0.2) is 5.57 Å². The van der Waals surface area contributed by atoms with E-state index in [0.29, 0.717) is 24.2 Å². The Bertz CT molecular complexity index is 711. The fraction of sp³-hybridized carbons (Fsp3) is 0.143. The van der Waals surface area contributed by atoms with Crippen molar-refractivity contribution in [3.63, 3.8) is 0 Å². The lowest BCUT2D eigenvalue weighted by molar-refractivity contribution is -0.116. The fourth-order valence-corrected chi connectivity index (χ4v) is 1.93. The number of nitrogens with zero attached hydrogens (tertiary/aromatic N) is 3. The molecule has 1 amide bonds. The summed E-state index contributed by atoms with van der Waals surface area (Å²) in [7, 11) is 0. The molecule has 0 atom stereocenters. The third-order valence-corrected chi connectivity index (χ3v) is 2.88. The van der Waals surface area contributed by atoms with Crippen LogP contribution in [0.15, 0.2) is 29.5 Å². The Morgan fingerprint density at radius 1 is 1.15 bits per heavy atom.